The van der Waals surface area contributed by atoms with Crippen molar-refractivity contribution in [2.24, 2.45) is 4.99 Å². The number of hydrogen-bond acceptors (Lipinski definition) is 8. The van der Waals surface area contributed by atoms with E-state index in [1.54, 1.807) is 29.0 Å². The van der Waals surface area contributed by atoms with Gasteiger partial charge >= 0.3 is 0 Å². The third-order valence-electron chi connectivity index (χ3n) is 3.37. The van der Waals surface area contributed by atoms with Crippen LogP contribution >= 0.6 is 22.7 Å². The van der Waals surface area contributed by atoms with Gasteiger partial charge in [0.2, 0.25) is 0 Å². The van der Waals surface area contributed by atoms with Crippen molar-refractivity contribution in [2.45, 2.75) is 6.42 Å². The van der Waals surface area contributed by atoms with Gasteiger partial charge in [-0.25, -0.2) is 15.0 Å². The molecule has 3 aromatic heterocycles. The van der Waals surface area contributed by atoms with Gasteiger partial charge in [-0.1, -0.05) is 0 Å². The van der Waals surface area contributed by atoms with Crippen LogP contribution in [0.4, 0.5) is 5.13 Å². The molecule has 6 nitrogen and oxygen atoms in total. The van der Waals surface area contributed by atoms with Gasteiger partial charge in [0.25, 0.3) is 0 Å². The first-order valence-electron chi connectivity index (χ1n) is 7.24. The van der Waals surface area contributed by atoms with Crippen LogP contribution in [-0.4, -0.2) is 34.0 Å². The molecule has 2 N–H and O–H groups in total. The standard InChI is InChI=1S/C15H14N6S2/c1-2-18-14(19-3-1)21-15-20-12(8-23-15)10-4-13(22-7-10)11-5-16-9-17-6-11/h4-9H,1-3H2,(H2,18,19,20,21). The van der Waals surface area contributed by atoms with Crippen molar-refractivity contribution in [3.63, 3.8) is 0 Å². The number of anilines is 1. The molecule has 0 atom stereocenters. The summed E-state index contributed by atoms with van der Waals surface area (Å²) in [5, 5.41) is 11.5. The normalized spacial score (nSPS) is 14.2. The molecule has 4 heterocycles. The molecule has 0 aromatic carbocycles. The van der Waals surface area contributed by atoms with Crippen LogP contribution in [0.3, 0.4) is 0 Å². The van der Waals surface area contributed by atoms with Gasteiger partial charge in [-0.05, 0) is 12.5 Å². The SMILES string of the molecule is c1ncc(-c2cc(-c3csc(NC4=NCCCN4)n3)cs2)cn1. The molecule has 116 valence electrons. The zero-order valence-electron chi connectivity index (χ0n) is 12.2. The third-order valence-corrected chi connectivity index (χ3v) is 5.10. The fraction of sp³-hybridized carbons (Fsp3) is 0.200. The number of nitrogens with one attached hydrogen (secondary N) is 2. The Hall–Kier alpha value is -2.32. The van der Waals surface area contributed by atoms with Crippen LogP contribution in [0, 0.1) is 0 Å². The first-order valence-corrected chi connectivity index (χ1v) is 8.99. The molecule has 0 amide bonds. The molecule has 1 aliphatic heterocycles. The largest absolute Gasteiger partial charge is 0.356 e. The Labute approximate surface area is 141 Å². The maximum atomic E-state index is 4.64. The van der Waals surface area contributed by atoms with Crippen LogP contribution in [0.25, 0.3) is 21.7 Å². The van der Waals surface area contributed by atoms with Gasteiger partial charge in [-0.15, -0.1) is 22.7 Å². The van der Waals surface area contributed by atoms with E-state index in [4.69, 9.17) is 0 Å². The predicted molar refractivity (Wildman–Crippen MR) is 95.0 cm³/mol. The Morgan fingerprint density at radius 2 is 2.00 bits per heavy atom. The lowest BCUT2D eigenvalue weighted by Crippen LogP contribution is -2.35. The highest BCUT2D eigenvalue weighted by atomic mass is 32.1. The maximum absolute atomic E-state index is 4.64. The van der Waals surface area contributed by atoms with Gasteiger partial charge < -0.3 is 10.6 Å². The number of aromatic nitrogens is 3. The highest BCUT2D eigenvalue weighted by molar-refractivity contribution is 7.15. The number of thiazole rings is 1. The molecule has 0 bridgehead atoms. The van der Waals surface area contributed by atoms with Crippen molar-refractivity contribution in [3.05, 3.63) is 35.5 Å². The Morgan fingerprint density at radius 1 is 1.09 bits per heavy atom. The molecule has 0 saturated heterocycles. The average molecular weight is 342 g/mol. The summed E-state index contributed by atoms with van der Waals surface area (Å²) >= 11 is 3.25. The number of thiophene rings is 1. The fourth-order valence-corrected chi connectivity index (χ4v) is 3.83. The summed E-state index contributed by atoms with van der Waals surface area (Å²) in [4.78, 5) is 18.3. The lowest BCUT2D eigenvalue weighted by atomic mass is 10.2. The predicted octanol–water partition coefficient (Wildman–Crippen LogP) is 3.09. The van der Waals surface area contributed by atoms with Crippen molar-refractivity contribution in [2.75, 3.05) is 18.4 Å². The molecule has 8 heteroatoms. The Kier molecular flexibility index (Phi) is 3.99. The monoisotopic (exact) mass is 342 g/mol. The summed E-state index contributed by atoms with van der Waals surface area (Å²) in [6.07, 6.45) is 6.26. The first kappa shape index (κ1) is 14.3. The Bertz CT molecular complexity index is 823. The molecule has 0 spiro atoms. The minimum Gasteiger partial charge on any atom is -0.356 e. The second kappa shape index (κ2) is 6.43. The van der Waals surface area contributed by atoms with E-state index in [1.807, 2.05) is 12.4 Å². The van der Waals surface area contributed by atoms with E-state index in [9.17, 15) is 0 Å². The van der Waals surface area contributed by atoms with E-state index < -0.39 is 0 Å². The van der Waals surface area contributed by atoms with Crippen LogP contribution in [0.2, 0.25) is 0 Å². The van der Waals surface area contributed by atoms with E-state index in [0.717, 1.165) is 52.3 Å². The van der Waals surface area contributed by atoms with Crippen LogP contribution in [0.1, 0.15) is 6.42 Å². The molecule has 0 fully saturated rings. The van der Waals surface area contributed by atoms with Gasteiger partial charge in [0, 0.05) is 52.2 Å². The summed E-state index contributed by atoms with van der Waals surface area (Å²) in [5.74, 6) is 0.810. The summed E-state index contributed by atoms with van der Waals surface area (Å²) < 4.78 is 0. The maximum Gasteiger partial charge on any atom is 0.197 e. The Morgan fingerprint density at radius 3 is 2.83 bits per heavy atom. The van der Waals surface area contributed by atoms with Crippen LogP contribution < -0.4 is 10.6 Å². The number of guanidine groups is 1. The lowest BCUT2D eigenvalue weighted by molar-refractivity contribution is 0.740. The molecule has 4 rings (SSSR count). The second-order valence-corrected chi connectivity index (χ2v) is 6.77. The summed E-state index contributed by atoms with van der Waals surface area (Å²) in [6.45, 7) is 1.82. The van der Waals surface area contributed by atoms with Gasteiger partial charge in [-0.3, -0.25) is 4.99 Å². The quantitative estimate of drug-likeness (QED) is 0.765. The van der Waals surface area contributed by atoms with Crippen molar-refractivity contribution >= 4 is 33.8 Å². The highest BCUT2D eigenvalue weighted by Gasteiger charge is 2.11. The molecule has 1 aliphatic rings. The lowest BCUT2D eigenvalue weighted by Gasteiger charge is -2.14. The zero-order valence-corrected chi connectivity index (χ0v) is 13.8. The molecule has 3 aromatic rings. The van der Waals surface area contributed by atoms with E-state index >= 15 is 0 Å². The van der Waals surface area contributed by atoms with Crippen molar-refractivity contribution < 1.29 is 0 Å². The van der Waals surface area contributed by atoms with E-state index in [0.29, 0.717) is 0 Å². The summed E-state index contributed by atoms with van der Waals surface area (Å²) in [6, 6.07) is 2.12. The number of rotatable bonds is 3. The van der Waals surface area contributed by atoms with Crippen LogP contribution in [0.5, 0.6) is 0 Å². The topological polar surface area (TPSA) is 75.1 Å². The van der Waals surface area contributed by atoms with Crippen molar-refractivity contribution in [3.8, 4) is 21.7 Å². The molecule has 0 radical (unpaired) electrons. The van der Waals surface area contributed by atoms with E-state index in [2.05, 4.69) is 47.4 Å². The molecule has 23 heavy (non-hydrogen) atoms. The first-order chi connectivity index (χ1) is 11.4. The second-order valence-electron chi connectivity index (χ2n) is 5.00. The van der Waals surface area contributed by atoms with Gasteiger partial charge in [0.05, 0.1) is 5.69 Å². The minimum absolute atomic E-state index is 0.810. The molecular weight excluding hydrogens is 328 g/mol. The summed E-state index contributed by atoms with van der Waals surface area (Å²) in [7, 11) is 0. The summed E-state index contributed by atoms with van der Waals surface area (Å²) in [5.41, 5.74) is 3.10. The van der Waals surface area contributed by atoms with Gasteiger partial charge in [-0.2, -0.15) is 0 Å². The smallest absolute Gasteiger partial charge is 0.197 e. The van der Waals surface area contributed by atoms with E-state index in [1.165, 1.54) is 0 Å². The molecule has 0 aliphatic carbocycles. The van der Waals surface area contributed by atoms with Crippen molar-refractivity contribution in [1.29, 1.82) is 0 Å². The minimum atomic E-state index is 0.810. The number of nitrogens with zero attached hydrogens (tertiary/aromatic N) is 4. The molecule has 0 unspecified atom stereocenters. The van der Waals surface area contributed by atoms with Gasteiger partial charge in [0.15, 0.2) is 11.1 Å². The highest BCUT2D eigenvalue weighted by Crippen LogP contribution is 2.33. The molecule has 0 saturated carbocycles. The molecular formula is C15H14N6S2. The Balaban J connectivity index is 1.53. The third kappa shape index (κ3) is 3.22. The van der Waals surface area contributed by atoms with Gasteiger partial charge in [0.1, 0.15) is 6.33 Å². The zero-order chi connectivity index (χ0) is 15.5. The van der Waals surface area contributed by atoms with Crippen LogP contribution in [-0.2, 0) is 0 Å². The number of aliphatic imine (C=N–C) groups is 1. The van der Waals surface area contributed by atoms with E-state index in [-0.39, 0.29) is 0 Å². The van der Waals surface area contributed by atoms with Crippen LogP contribution in [0.15, 0.2) is 40.5 Å². The van der Waals surface area contributed by atoms with Crippen molar-refractivity contribution in [1.82, 2.24) is 20.3 Å². The number of hydrogen-bond donors (Lipinski definition) is 2. The average Bonchev–Trinajstić information content (AvgIpc) is 3.26. The fourth-order valence-electron chi connectivity index (χ4n) is 2.23.